The van der Waals surface area contributed by atoms with E-state index in [1.165, 1.54) is 6.08 Å². The molecule has 0 aromatic heterocycles. The molecule has 0 fully saturated rings. The van der Waals surface area contributed by atoms with Crippen molar-refractivity contribution in [3.63, 3.8) is 0 Å². The summed E-state index contributed by atoms with van der Waals surface area (Å²) in [6.07, 6.45) is 3.15. The molecule has 1 aromatic rings. The molecule has 0 heterocycles. The van der Waals surface area contributed by atoms with Gasteiger partial charge in [0.2, 0.25) is 0 Å². The molecule has 0 bridgehead atoms. The maximum Gasteiger partial charge on any atom is 0.187 e. The zero-order chi connectivity index (χ0) is 9.68. The molecule has 1 aromatic carbocycles. The Kier molecular flexibility index (Phi) is 3.26. The highest BCUT2D eigenvalue weighted by molar-refractivity contribution is 6.04. The Morgan fingerprint density at radius 1 is 1.31 bits per heavy atom. The van der Waals surface area contributed by atoms with Gasteiger partial charge >= 0.3 is 0 Å². The van der Waals surface area contributed by atoms with Crippen molar-refractivity contribution in [1.82, 2.24) is 5.32 Å². The van der Waals surface area contributed by atoms with Crippen LogP contribution in [0.25, 0.3) is 0 Å². The molecule has 2 nitrogen and oxygen atoms in total. The highest BCUT2D eigenvalue weighted by atomic mass is 16.1. The zero-order valence-corrected chi connectivity index (χ0v) is 7.87. The van der Waals surface area contributed by atoms with Crippen LogP contribution in [-0.4, -0.2) is 12.8 Å². The number of carbonyl (C=O) groups is 1. The number of hydrogen-bond acceptors (Lipinski definition) is 2. The van der Waals surface area contributed by atoms with Crippen molar-refractivity contribution in [2.24, 2.45) is 0 Å². The van der Waals surface area contributed by atoms with Gasteiger partial charge < -0.3 is 5.32 Å². The zero-order valence-electron chi connectivity index (χ0n) is 7.87. The van der Waals surface area contributed by atoms with Crippen LogP contribution in [0.4, 0.5) is 0 Å². The lowest BCUT2D eigenvalue weighted by molar-refractivity contribution is 0.104. The van der Waals surface area contributed by atoms with E-state index in [2.05, 4.69) is 5.32 Å². The summed E-state index contributed by atoms with van der Waals surface area (Å²) in [5, 5.41) is 2.78. The molecule has 1 N–H and O–H groups in total. The van der Waals surface area contributed by atoms with Gasteiger partial charge in [-0.05, 0) is 6.92 Å². The van der Waals surface area contributed by atoms with Crippen LogP contribution in [0.15, 0.2) is 36.5 Å². The molecule has 68 valence electrons. The quantitative estimate of drug-likeness (QED) is 0.561. The van der Waals surface area contributed by atoms with Gasteiger partial charge in [0.1, 0.15) is 0 Å². The summed E-state index contributed by atoms with van der Waals surface area (Å²) in [6.45, 7) is 2.00. The third-order valence-corrected chi connectivity index (χ3v) is 1.74. The molecule has 2 heteroatoms. The number of nitrogens with one attached hydrogen (secondary N) is 1. The van der Waals surface area contributed by atoms with Gasteiger partial charge in [-0.25, -0.2) is 0 Å². The largest absolute Gasteiger partial charge is 0.394 e. The monoisotopic (exact) mass is 175 g/mol. The fourth-order valence-corrected chi connectivity index (χ4v) is 0.973. The van der Waals surface area contributed by atoms with Crippen molar-refractivity contribution >= 4 is 5.78 Å². The van der Waals surface area contributed by atoms with E-state index in [1.54, 1.807) is 13.2 Å². The summed E-state index contributed by atoms with van der Waals surface area (Å²) in [5.41, 5.74) is 1.88. The Morgan fingerprint density at radius 3 is 2.46 bits per heavy atom. The molecule has 0 aliphatic rings. The maximum absolute atomic E-state index is 11.4. The van der Waals surface area contributed by atoms with Gasteiger partial charge in [-0.1, -0.05) is 29.8 Å². The molecule has 13 heavy (non-hydrogen) atoms. The van der Waals surface area contributed by atoms with Gasteiger partial charge in [0.15, 0.2) is 5.78 Å². The van der Waals surface area contributed by atoms with Crippen molar-refractivity contribution < 1.29 is 4.79 Å². The van der Waals surface area contributed by atoms with Crippen LogP contribution >= 0.6 is 0 Å². The first kappa shape index (κ1) is 9.52. The molecule has 0 radical (unpaired) electrons. The first-order valence-corrected chi connectivity index (χ1v) is 4.19. The van der Waals surface area contributed by atoms with Crippen molar-refractivity contribution in [3.8, 4) is 0 Å². The molecular formula is C11H13NO. The summed E-state index contributed by atoms with van der Waals surface area (Å²) in [4.78, 5) is 11.4. The van der Waals surface area contributed by atoms with E-state index in [0.29, 0.717) is 0 Å². The van der Waals surface area contributed by atoms with Crippen LogP contribution in [0, 0.1) is 6.92 Å². The number of rotatable bonds is 3. The van der Waals surface area contributed by atoms with Gasteiger partial charge in [0.25, 0.3) is 0 Å². The molecule has 0 unspecified atom stereocenters. The second-order valence-electron chi connectivity index (χ2n) is 2.85. The number of carbonyl (C=O) groups excluding carboxylic acids is 1. The minimum Gasteiger partial charge on any atom is -0.394 e. The lowest BCUT2D eigenvalue weighted by Gasteiger charge is -1.96. The number of aryl methyl sites for hydroxylation is 1. The second kappa shape index (κ2) is 4.45. The molecule has 1 rings (SSSR count). The minimum atomic E-state index is 0.0225. The first-order valence-electron chi connectivity index (χ1n) is 4.19. The van der Waals surface area contributed by atoms with Gasteiger partial charge in [-0.2, -0.15) is 0 Å². The lowest BCUT2D eigenvalue weighted by Crippen LogP contribution is -1.98. The summed E-state index contributed by atoms with van der Waals surface area (Å²) in [7, 11) is 1.76. The van der Waals surface area contributed by atoms with E-state index >= 15 is 0 Å². The van der Waals surface area contributed by atoms with E-state index in [1.807, 2.05) is 31.2 Å². The number of ketones is 1. The summed E-state index contributed by atoms with van der Waals surface area (Å²) < 4.78 is 0. The molecule has 0 atom stereocenters. The normalized spacial score (nSPS) is 10.3. The van der Waals surface area contributed by atoms with Crippen molar-refractivity contribution in [1.29, 1.82) is 0 Å². The van der Waals surface area contributed by atoms with Crippen LogP contribution < -0.4 is 5.32 Å². The summed E-state index contributed by atoms with van der Waals surface area (Å²) >= 11 is 0. The SMILES string of the molecule is CN/C=C\C(=O)c1ccc(C)cc1. The van der Waals surface area contributed by atoms with Crippen LogP contribution in [0.2, 0.25) is 0 Å². The van der Waals surface area contributed by atoms with E-state index in [-0.39, 0.29) is 5.78 Å². The molecule has 0 spiro atoms. The van der Waals surface area contributed by atoms with Crippen molar-refractivity contribution in [2.45, 2.75) is 6.92 Å². The Morgan fingerprint density at radius 2 is 1.92 bits per heavy atom. The van der Waals surface area contributed by atoms with Crippen LogP contribution in [-0.2, 0) is 0 Å². The molecule has 0 aliphatic heterocycles. The van der Waals surface area contributed by atoms with Crippen molar-refractivity contribution in [3.05, 3.63) is 47.7 Å². The minimum absolute atomic E-state index is 0.0225. The van der Waals surface area contributed by atoms with Crippen LogP contribution in [0.3, 0.4) is 0 Å². The van der Waals surface area contributed by atoms with E-state index in [4.69, 9.17) is 0 Å². The van der Waals surface area contributed by atoms with Gasteiger partial charge in [0.05, 0.1) is 0 Å². The average Bonchev–Trinajstić information content (AvgIpc) is 2.15. The van der Waals surface area contributed by atoms with Gasteiger partial charge in [-0.15, -0.1) is 0 Å². The van der Waals surface area contributed by atoms with Crippen molar-refractivity contribution in [2.75, 3.05) is 7.05 Å². The topological polar surface area (TPSA) is 29.1 Å². The smallest absolute Gasteiger partial charge is 0.187 e. The molecule has 0 aliphatic carbocycles. The number of hydrogen-bond donors (Lipinski definition) is 1. The predicted molar refractivity (Wildman–Crippen MR) is 53.7 cm³/mol. The standard InChI is InChI=1S/C11H13NO/c1-9-3-5-10(6-4-9)11(13)7-8-12-2/h3-8,12H,1-2H3/b8-7-. The fraction of sp³-hybridized carbons (Fsp3) is 0.182. The van der Waals surface area contributed by atoms with Gasteiger partial charge in [0, 0.05) is 24.9 Å². The van der Waals surface area contributed by atoms with Crippen LogP contribution in [0.1, 0.15) is 15.9 Å². The summed E-state index contributed by atoms with van der Waals surface area (Å²) in [5.74, 6) is 0.0225. The Bertz CT molecular complexity index is 311. The lowest BCUT2D eigenvalue weighted by atomic mass is 10.1. The fourth-order valence-electron chi connectivity index (χ4n) is 0.973. The highest BCUT2D eigenvalue weighted by Gasteiger charge is 1.99. The Hall–Kier alpha value is -1.57. The van der Waals surface area contributed by atoms with E-state index in [0.717, 1.165) is 11.1 Å². The van der Waals surface area contributed by atoms with E-state index in [9.17, 15) is 4.79 Å². The molecular weight excluding hydrogens is 162 g/mol. The second-order valence-corrected chi connectivity index (χ2v) is 2.85. The third kappa shape index (κ3) is 2.75. The molecule has 0 amide bonds. The van der Waals surface area contributed by atoms with Gasteiger partial charge in [-0.3, -0.25) is 4.79 Å². The summed E-state index contributed by atoms with van der Waals surface area (Å²) in [6, 6.07) is 7.52. The Balaban J connectivity index is 2.78. The molecule has 0 saturated heterocycles. The third-order valence-electron chi connectivity index (χ3n) is 1.74. The average molecular weight is 175 g/mol. The predicted octanol–water partition coefficient (Wildman–Crippen LogP) is 1.91. The highest BCUT2D eigenvalue weighted by Crippen LogP contribution is 2.04. The Labute approximate surface area is 78.3 Å². The number of allylic oxidation sites excluding steroid dienone is 1. The van der Waals surface area contributed by atoms with Crippen LogP contribution in [0.5, 0.6) is 0 Å². The molecule has 0 saturated carbocycles. The maximum atomic E-state index is 11.4. The van der Waals surface area contributed by atoms with E-state index < -0.39 is 0 Å². The first-order chi connectivity index (χ1) is 6.24. The number of benzene rings is 1.